The van der Waals surface area contributed by atoms with Crippen molar-refractivity contribution < 1.29 is 0 Å². The fourth-order valence-electron chi connectivity index (χ4n) is 6.22. The van der Waals surface area contributed by atoms with E-state index >= 15 is 0 Å². The Balaban J connectivity index is 1.14. The van der Waals surface area contributed by atoms with Crippen LogP contribution in [-0.2, 0) is 0 Å². The van der Waals surface area contributed by atoms with Crippen LogP contribution < -0.4 is 0 Å². The zero-order valence-electron chi connectivity index (χ0n) is 25.2. The molecule has 2 heteroatoms. The minimum atomic E-state index is 0.953. The molecule has 0 amide bonds. The summed E-state index contributed by atoms with van der Waals surface area (Å²) >= 11 is 0. The van der Waals surface area contributed by atoms with Crippen molar-refractivity contribution in [2.75, 3.05) is 0 Å². The number of hydrogen-bond donors (Lipinski definition) is 0. The summed E-state index contributed by atoms with van der Waals surface area (Å²) in [5.74, 6) is 0. The molecule has 0 bridgehead atoms. The number of pyridine rings is 2. The van der Waals surface area contributed by atoms with Gasteiger partial charge in [-0.2, -0.15) is 0 Å². The quantitative estimate of drug-likeness (QED) is 0.194. The third-order valence-corrected chi connectivity index (χ3v) is 8.56. The molecule has 0 atom stereocenters. The molecule has 2 heterocycles. The molecule has 6 aromatic carbocycles. The second-order valence-electron chi connectivity index (χ2n) is 11.5. The predicted octanol–water partition coefficient (Wildman–Crippen LogP) is 11.6. The zero-order valence-corrected chi connectivity index (χ0v) is 25.2. The summed E-state index contributed by atoms with van der Waals surface area (Å²) in [5, 5.41) is 1.13. The Morgan fingerprint density at radius 1 is 0.304 bits per heavy atom. The van der Waals surface area contributed by atoms with Crippen LogP contribution in [0.15, 0.2) is 182 Å². The molecular formula is C44H30N2. The number of fused-ring (bicyclic) bond motifs is 1. The van der Waals surface area contributed by atoms with Gasteiger partial charge in [0.05, 0.1) is 11.2 Å². The Bertz CT molecular complexity index is 2310. The molecule has 0 aliphatic carbocycles. The van der Waals surface area contributed by atoms with Gasteiger partial charge in [0.1, 0.15) is 0 Å². The molecule has 0 spiro atoms. The van der Waals surface area contributed by atoms with E-state index in [1.807, 2.05) is 18.5 Å². The first-order valence-electron chi connectivity index (χ1n) is 15.6. The van der Waals surface area contributed by atoms with E-state index in [-0.39, 0.29) is 0 Å². The second kappa shape index (κ2) is 12.1. The Labute approximate surface area is 269 Å². The summed E-state index contributed by atoms with van der Waals surface area (Å²) in [6.45, 7) is 0. The first-order chi connectivity index (χ1) is 22.8. The number of aromatic nitrogens is 2. The molecule has 0 saturated carbocycles. The molecule has 0 unspecified atom stereocenters. The van der Waals surface area contributed by atoms with Gasteiger partial charge >= 0.3 is 0 Å². The molecule has 0 saturated heterocycles. The number of rotatable bonds is 6. The molecule has 2 aromatic heterocycles. The lowest BCUT2D eigenvalue weighted by Crippen LogP contribution is -1.90. The van der Waals surface area contributed by atoms with E-state index in [1.54, 1.807) is 0 Å². The Morgan fingerprint density at radius 3 is 1.30 bits per heavy atom. The highest BCUT2D eigenvalue weighted by atomic mass is 14.7. The Kier molecular flexibility index (Phi) is 7.22. The molecule has 216 valence electrons. The summed E-state index contributed by atoms with van der Waals surface area (Å²) in [5.41, 5.74) is 14.9. The first kappa shape index (κ1) is 27.4. The molecular weight excluding hydrogens is 556 g/mol. The van der Waals surface area contributed by atoms with Crippen molar-refractivity contribution in [1.82, 2.24) is 9.97 Å². The summed E-state index contributed by atoms with van der Waals surface area (Å²) < 4.78 is 0. The van der Waals surface area contributed by atoms with Gasteiger partial charge in [-0.3, -0.25) is 4.98 Å². The zero-order chi connectivity index (χ0) is 30.7. The van der Waals surface area contributed by atoms with Gasteiger partial charge in [0.2, 0.25) is 0 Å². The molecule has 2 nitrogen and oxygen atoms in total. The van der Waals surface area contributed by atoms with Crippen LogP contribution in [0.2, 0.25) is 0 Å². The van der Waals surface area contributed by atoms with Crippen LogP contribution in [0.1, 0.15) is 0 Å². The summed E-state index contributed by atoms with van der Waals surface area (Å²) in [6, 6.07) is 60.3. The second-order valence-corrected chi connectivity index (χ2v) is 11.5. The van der Waals surface area contributed by atoms with Crippen LogP contribution in [0, 0.1) is 0 Å². The van der Waals surface area contributed by atoms with Crippen LogP contribution in [-0.4, -0.2) is 9.97 Å². The lowest BCUT2D eigenvalue weighted by molar-refractivity contribution is 1.33. The SMILES string of the molecule is c1ccc(-c2cccc(-c3cccc(-c4cccc(-c5cccc(-c6cc(-c7ccncc7)c7ccccc7n6)c5)c4)c3)c2)cc1. The summed E-state index contributed by atoms with van der Waals surface area (Å²) in [7, 11) is 0. The lowest BCUT2D eigenvalue weighted by atomic mass is 9.94. The standard InChI is InChI=1S/C44H30N2/c1-2-10-31(11-3-1)33-12-6-13-34(26-33)35-14-7-15-36(27-35)37-16-8-17-38(28-37)39-18-9-19-40(29-39)44-30-42(32-22-24-45-25-23-32)41-20-4-5-21-43(41)46-44/h1-30H. The van der Waals surface area contributed by atoms with Crippen molar-refractivity contribution in [3.8, 4) is 66.9 Å². The van der Waals surface area contributed by atoms with E-state index in [9.17, 15) is 0 Å². The van der Waals surface area contributed by atoms with Crippen molar-refractivity contribution >= 4 is 10.9 Å². The molecule has 8 rings (SSSR count). The fraction of sp³-hybridized carbons (Fsp3) is 0. The molecule has 0 N–H and O–H groups in total. The van der Waals surface area contributed by atoms with Crippen molar-refractivity contribution in [1.29, 1.82) is 0 Å². The fourth-order valence-corrected chi connectivity index (χ4v) is 6.22. The smallest absolute Gasteiger partial charge is 0.0716 e. The minimum Gasteiger partial charge on any atom is -0.265 e. The summed E-state index contributed by atoms with van der Waals surface area (Å²) in [6.07, 6.45) is 3.69. The van der Waals surface area contributed by atoms with E-state index in [0.717, 1.165) is 38.9 Å². The van der Waals surface area contributed by atoms with Gasteiger partial charge in [0, 0.05) is 23.3 Å². The predicted molar refractivity (Wildman–Crippen MR) is 192 cm³/mol. The van der Waals surface area contributed by atoms with Crippen LogP contribution in [0.3, 0.4) is 0 Å². The maximum Gasteiger partial charge on any atom is 0.0716 e. The van der Waals surface area contributed by atoms with Crippen molar-refractivity contribution in [3.05, 3.63) is 182 Å². The monoisotopic (exact) mass is 586 g/mol. The first-order valence-corrected chi connectivity index (χ1v) is 15.6. The number of para-hydroxylation sites is 1. The van der Waals surface area contributed by atoms with E-state index in [2.05, 4.69) is 169 Å². The molecule has 0 aliphatic rings. The molecule has 0 aliphatic heterocycles. The highest BCUT2D eigenvalue weighted by Gasteiger charge is 2.11. The number of hydrogen-bond acceptors (Lipinski definition) is 2. The van der Waals surface area contributed by atoms with Crippen LogP contribution in [0.5, 0.6) is 0 Å². The van der Waals surface area contributed by atoms with Gasteiger partial charge < -0.3 is 0 Å². The van der Waals surface area contributed by atoms with E-state index in [4.69, 9.17) is 4.98 Å². The third-order valence-electron chi connectivity index (χ3n) is 8.56. The van der Waals surface area contributed by atoms with Crippen LogP contribution in [0.25, 0.3) is 77.8 Å². The van der Waals surface area contributed by atoms with Crippen LogP contribution in [0.4, 0.5) is 0 Å². The molecule has 46 heavy (non-hydrogen) atoms. The van der Waals surface area contributed by atoms with E-state index in [1.165, 1.54) is 38.9 Å². The normalized spacial score (nSPS) is 11.0. The maximum atomic E-state index is 5.08. The Morgan fingerprint density at radius 2 is 0.739 bits per heavy atom. The minimum absolute atomic E-state index is 0.953. The number of benzene rings is 6. The van der Waals surface area contributed by atoms with Gasteiger partial charge in [0.25, 0.3) is 0 Å². The maximum absolute atomic E-state index is 5.08. The lowest BCUT2D eigenvalue weighted by Gasteiger charge is -2.12. The largest absolute Gasteiger partial charge is 0.265 e. The Hall–Kier alpha value is -6.12. The average Bonchev–Trinajstić information content (AvgIpc) is 3.15. The average molecular weight is 587 g/mol. The topological polar surface area (TPSA) is 25.8 Å². The molecule has 0 radical (unpaired) electrons. The summed E-state index contributed by atoms with van der Waals surface area (Å²) in [4.78, 5) is 9.30. The third kappa shape index (κ3) is 5.49. The van der Waals surface area contributed by atoms with E-state index < -0.39 is 0 Å². The van der Waals surface area contributed by atoms with Gasteiger partial charge in [-0.15, -0.1) is 0 Å². The molecule has 8 aromatic rings. The van der Waals surface area contributed by atoms with Crippen molar-refractivity contribution in [2.45, 2.75) is 0 Å². The van der Waals surface area contributed by atoms with Gasteiger partial charge in [0.15, 0.2) is 0 Å². The van der Waals surface area contributed by atoms with Gasteiger partial charge in [-0.1, -0.05) is 121 Å². The van der Waals surface area contributed by atoms with Crippen LogP contribution >= 0.6 is 0 Å². The van der Waals surface area contributed by atoms with Gasteiger partial charge in [-0.05, 0) is 104 Å². The molecule has 0 fully saturated rings. The number of nitrogens with zero attached hydrogens (tertiary/aromatic N) is 2. The van der Waals surface area contributed by atoms with Gasteiger partial charge in [-0.25, -0.2) is 4.98 Å². The highest BCUT2D eigenvalue weighted by Crippen LogP contribution is 2.35. The highest BCUT2D eigenvalue weighted by molar-refractivity contribution is 5.96. The van der Waals surface area contributed by atoms with Crippen molar-refractivity contribution in [2.24, 2.45) is 0 Å². The van der Waals surface area contributed by atoms with E-state index in [0.29, 0.717) is 0 Å². The van der Waals surface area contributed by atoms with Crippen molar-refractivity contribution in [3.63, 3.8) is 0 Å².